The number of ether oxygens (including phenoxy) is 3. The van der Waals surface area contributed by atoms with Crippen molar-refractivity contribution >= 4 is 70.9 Å². The van der Waals surface area contributed by atoms with E-state index >= 15 is 0 Å². The average molecular weight is 709 g/mol. The van der Waals surface area contributed by atoms with E-state index in [1.165, 1.54) is 0 Å². The summed E-state index contributed by atoms with van der Waals surface area (Å²) in [5.41, 5.74) is 3.95. The van der Waals surface area contributed by atoms with E-state index in [1.807, 2.05) is 38.1 Å². The number of esters is 2. The number of imidazole rings is 1. The molecule has 0 unspecified atom stereocenters. The van der Waals surface area contributed by atoms with Gasteiger partial charge in [-0.1, -0.05) is 35.4 Å². The number of halogens is 3. The second-order valence-corrected chi connectivity index (χ2v) is 11.0. The Morgan fingerprint density at radius 3 is 2.16 bits per heavy atom. The lowest BCUT2D eigenvalue weighted by atomic mass is 10.1. The Kier molecular flexibility index (Phi) is 7.94. The molecule has 0 aliphatic carbocycles. The molecule has 1 fully saturated rings. The first-order valence-electron chi connectivity index (χ1n) is 11.6. The minimum Gasteiger partial charge on any atom is -0.459 e. The molecule has 1 aliphatic heterocycles. The quantitative estimate of drug-likeness (QED) is 0.102. The zero-order valence-electron chi connectivity index (χ0n) is 20.2. The molecule has 2 aromatic heterocycles. The van der Waals surface area contributed by atoms with Crippen molar-refractivity contribution in [3.63, 3.8) is 0 Å². The summed E-state index contributed by atoms with van der Waals surface area (Å²) < 4.78 is 20.8. The normalized spacial score (nSPS) is 19.0. The minimum absolute atomic E-state index is 0.109. The Labute approximate surface area is 243 Å². The van der Waals surface area contributed by atoms with Crippen LogP contribution in [0, 0.1) is 13.8 Å². The van der Waals surface area contributed by atoms with Crippen molar-refractivity contribution in [2.24, 2.45) is 0 Å². The van der Waals surface area contributed by atoms with Crippen LogP contribution < -0.4 is 0 Å². The van der Waals surface area contributed by atoms with E-state index in [0.717, 1.165) is 11.1 Å². The summed E-state index contributed by atoms with van der Waals surface area (Å²) >= 11 is 10.2. The zero-order valence-corrected chi connectivity index (χ0v) is 25.0. The van der Waals surface area contributed by atoms with Crippen LogP contribution in [0.4, 0.5) is 0 Å². The van der Waals surface area contributed by atoms with Gasteiger partial charge in [-0.15, -0.1) is 0 Å². The molecule has 0 N–H and O–H groups in total. The predicted molar refractivity (Wildman–Crippen MR) is 149 cm³/mol. The molecule has 9 nitrogen and oxygen atoms in total. The number of aryl methyl sites for hydroxylation is 2. The molecule has 0 spiro atoms. The number of fused-ring (bicyclic) bond motifs is 1. The number of aromatic nitrogens is 4. The van der Waals surface area contributed by atoms with Gasteiger partial charge in [0.05, 0.1) is 11.1 Å². The maximum atomic E-state index is 13.0. The van der Waals surface area contributed by atoms with Gasteiger partial charge in [0.2, 0.25) is 0 Å². The molecule has 1 saturated heterocycles. The molecule has 3 atom stereocenters. The van der Waals surface area contributed by atoms with Crippen LogP contribution in [-0.4, -0.2) is 50.3 Å². The van der Waals surface area contributed by atoms with Gasteiger partial charge in [0.15, 0.2) is 15.1 Å². The maximum Gasteiger partial charge on any atom is 0.338 e. The topological polar surface area (TPSA) is 105 Å². The molecule has 196 valence electrons. The van der Waals surface area contributed by atoms with Gasteiger partial charge in [-0.05, 0) is 85.9 Å². The van der Waals surface area contributed by atoms with Crippen LogP contribution in [0.15, 0.2) is 62.6 Å². The van der Waals surface area contributed by atoms with E-state index in [9.17, 15) is 9.59 Å². The lowest BCUT2D eigenvalue weighted by molar-refractivity contribution is -0.0568. The van der Waals surface area contributed by atoms with Crippen LogP contribution >= 0.6 is 47.8 Å². The minimum atomic E-state index is -0.720. The van der Waals surface area contributed by atoms with Crippen molar-refractivity contribution in [1.29, 1.82) is 0 Å². The Hall–Kier alpha value is -2.67. The predicted octanol–water partition coefficient (Wildman–Crippen LogP) is 6.10. The van der Waals surface area contributed by atoms with E-state index in [0.29, 0.717) is 36.4 Å². The molecule has 3 heterocycles. The van der Waals surface area contributed by atoms with Crippen LogP contribution in [0.1, 0.15) is 44.5 Å². The summed E-state index contributed by atoms with van der Waals surface area (Å²) in [7, 11) is 0. The van der Waals surface area contributed by atoms with Crippen LogP contribution in [0.2, 0.25) is 0 Å². The molecular formula is C26H21Br3N4O5. The number of carbonyl (C=O) groups excluding carboxylic acids is 2. The molecule has 4 aromatic rings. The molecule has 0 bridgehead atoms. The molecule has 5 rings (SSSR count). The smallest absolute Gasteiger partial charge is 0.338 e. The number of carbonyl (C=O) groups is 2. The van der Waals surface area contributed by atoms with Gasteiger partial charge in [0, 0.05) is 6.42 Å². The van der Waals surface area contributed by atoms with Gasteiger partial charge in [-0.25, -0.2) is 24.5 Å². The third-order valence-corrected chi connectivity index (χ3v) is 7.57. The summed E-state index contributed by atoms with van der Waals surface area (Å²) in [5, 5.41) is 0. The highest BCUT2D eigenvalue weighted by Crippen LogP contribution is 2.37. The summed E-state index contributed by atoms with van der Waals surface area (Å²) in [6, 6.07) is 14.2. The van der Waals surface area contributed by atoms with Crippen LogP contribution in [0.3, 0.4) is 0 Å². The highest BCUT2D eigenvalue weighted by molar-refractivity contribution is 9.11. The van der Waals surface area contributed by atoms with E-state index in [1.54, 1.807) is 28.8 Å². The molecule has 38 heavy (non-hydrogen) atoms. The van der Waals surface area contributed by atoms with Crippen LogP contribution in [-0.2, 0) is 14.2 Å². The van der Waals surface area contributed by atoms with Gasteiger partial charge in [0.25, 0.3) is 0 Å². The van der Waals surface area contributed by atoms with Crippen molar-refractivity contribution in [2.75, 3.05) is 6.61 Å². The molecule has 1 aliphatic rings. The van der Waals surface area contributed by atoms with Gasteiger partial charge in [-0.3, -0.25) is 4.57 Å². The third-order valence-electron chi connectivity index (χ3n) is 6.11. The molecule has 0 saturated carbocycles. The SMILES string of the molecule is Cc1ccc(C(=O)OC[C@H]2O[C@@H](n3c(Br)nc4c(Br)nc(Br)nc43)C[C@@H]2OC(=O)c2ccc(C)cc2)cc1. The first-order valence-corrected chi connectivity index (χ1v) is 14.0. The summed E-state index contributed by atoms with van der Waals surface area (Å²) in [4.78, 5) is 38.8. The van der Waals surface area contributed by atoms with Gasteiger partial charge in [0.1, 0.15) is 35.2 Å². The Bertz CT molecular complexity index is 1510. The van der Waals surface area contributed by atoms with E-state index in [2.05, 4.69) is 62.7 Å². The molecular weight excluding hydrogens is 688 g/mol. The average Bonchev–Trinajstić information content (AvgIpc) is 3.42. The van der Waals surface area contributed by atoms with Crippen molar-refractivity contribution in [3.05, 3.63) is 84.9 Å². The number of nitrogens with zero attached hydrogens (tertiary/aromatic N) is 4. The first kappa shape index (κ1) is 26.9. The van der Waals surface area contributed by atoms with Gasteiger partial charge < -0.3 is 14.2 Å². The Morgan fingerprint density at radius 2 is 1.53 bits per heavy atom. The highest BCUT2D eigenvalue weighted by Gasteiger charge is 2.41. The van der Waals surface area contributed by atoms with Crippen molar-refractivity contribution < 1.29 is 23.8 Å². The fourth-order valence-corrected chi connectivity index (χ4v) is 5.69. The molecule has 0 radical (unpaired) electrons. The molecule has 2 aromatic carbocycles. The summed E-state index contributed by atoms with van der Waals surface area (Å²) in [6.45, 7) is 3.77. The van der Waals surface area contributed by atoms with Crippen LogP contribution in [0.25, 0.3) is 11.2 Å². The Balaban J connectivity index is 1.40. The lowest BCUT2D eigenvalue weighted by Gasteiger charge is -2.19. The summed E-state index contributed by atoms with van der Waals surface area (Å²) in [6.07, 6.45) is -1.74. The first-order chi connectivity index (χ1) is 18.2. The second kappa shape index (κ2) is 11.2. The van der Waals surface area contributed by atoms with Gasteiger partial charge in [-0.2, -0.15) is 0 Å². The number of benzene rings is 2. The fourth-order valence-electron chi connectivity index (χ4n) is 4.10. The fraction of sp³-hybridized carbons (Fsp3) is 0.269. The number of hydrogen-bond donors (Lipinski definition) is 0. The number of hydrogen-bond acceptors (Lipinski definition) is 8. The van der Waals surface area contributed by atoms with Gasteiger partial charge >= 0.3 is 11.9 Å². The van der Waals surface area contributed by atoms with Crippen LogP contribution in [0.5, 0.6) is 0 Å². The highest BCUT2D eigenvalue weighted by atomic mass is 79.9. The standard InChI is InChI=1S/C26H21Br3N4O5/c1-13-3-7-15(8-4-13)23(34)36-12-18-17(38-24(35)16-9-5-14(2)6-10-16)11-19(37-18)33-22-20(30-26(33)29)21(27)31-25(28)32-22/h3-10,17-19H,11-12H2,1-2H3/t17-,18+,19+/m0/s1. The van der Waals surface area contributed by atoms with E-state index in [4.69, 9.17) is 14.2 Å². The van der Waals surface area contributed by atoms with Crippen molar-refractivity contribution in [1.82, 2.24) is 19.5 Å². The van der Waals surface area contributed by atoms with E-state index in [-0.39, 0.29) is 13.0 Å². The Morgan fingerprint density at radius 1 is 0.921 bits per heavy atom. The van der Waals surface area contributed by atoms with Crippen molar-refractivity contribution in [3.8, 4) is 0 Å². The van der Waals surface area contributed by atoms with Crippen molar-refractivity contribution in [2.45, 2.75) is 38.7 Å². The van der Waals surface area contributed by atoms with E-state index < -0.39 is 30.4 Å². The second-order valence-electron chi connectivity index (χ2n) is 8.85. The maximum absolute atomic E-state index is 13.0. The molecule has 0 amide bonds. The monoisotopic (exact) mass is 706 g/mol. The zero-order chi connectivity index (χ0) is 27.0. The number of rotatable bonds is 6. The third kappa shape index (κ3) is 5.68. The largest absolute Gasteiger partial charge is 0.459 e. The summed E-state index contributed by atoms with van der Waals surface area (Å²) in [5.74, 6) is -0.980. The molecule has 12 heteroatoms. The lowest BCUT2D eigenvalue weighted by Crippen LogP contribution is -2.32.